The van der Waals surface area contributed by atoms with E-state index >= 15 is 0 Å². The van der Waals surface area contributed by atoms with E-state index in [0.29, 0.717) is 5.82 Å². The molecule has 0 radical (unpaired) electrons. The predicted octanol–water partition coefficient (Wildman–Crippen LogP) is 3.29. The van der Waals surface area contributed by atoms with Gasteiger partial charge in [0, 0.05) is 5.69 Å². The number of aryl methyl sites for hydroxylation is 2. The minimum absolute atomic E-state index is 0.117. The zero-order valence-electron chi connectivity index (χ0n) is 14.6. The molecule has 3 rings (SSSR count). The maximum atomic E-state index is 12.7. The van der Waals surface area contributed by atoms with E-state index in [1.54, 1.807) is 4.57 Å². The lowest BCUT2D eigenvalue weighted by atomic mass is 10.0. The number of carbonyl (C=O) groups excluding carboxylic acids is 1. The van der Waals surface area contributed by atoms with Crippen molar-refractivity contribution >= 4 is 22.6 Å². The number of anilines is 1. The van der Waals surface area contributed by atoms with Crippen LogP contribution in [0.25, 0.3) is 11.0 Å². The van der Waals surface area contributed by atoms with Crippen LogP contribution in [-0.4, -0.2) is 20.6 Å². The fourth-order valence-electron chi connectivity index (χ4n) is 3.15. The number of aromatic nitrogens is 2. The van der Waals surface area contributed by atoms with Crippen molar-refractivity contribution in [2.75, 3.05) is 5.32 Å². The van der Waals surface area contributed by atoms with Crippen molar-refractivity contribution in [1.82, 2.24) is 9.55 Å². The summed E-state index contributed by atoms with van der Waals surface area (Å²) in [4.78, 5) is 17.1. The maximum absolute atomic E-state index is 12.7. The van der Waals surface area contributed by atoms with Gasteiger partial charge >= 0.3 is 0 Å². The number of nitrogens with one attached hydrogen (secondary N) is 1. The summed E-state index contributed by atoms with van der Waals surface area (Å²) in [6.45, 7) is 4.08. The first kappa shape index (κ1) is 17.2. The Bertz CT molecular complexity index is 877. The molecule has 0 saturated carbocycles. The number of aliphatic hydroxyl groups excluding tert-OH is 1. The molecule has 0 saturated heterocycles. The van der Waals surface area contributed by atoms with Gasteiger partial charge in [-0.25, -0.2) is 4.98 Å². The Morgan fingerprint density at radius 3 is 2.40 bits per heavy atom. The smallest absolute Gasteiger partial charge is 0.244 e. The van der Waals surface area contributed by atoms with Gasteiger partial charge in [-0.3, -0.25) is 4.79 Å². The molecule has 5 nitrogen and oxygen atoms in total. The fourth-order valence-corrected chi connectivity index (χ4v) is 3.15. The van der Waals surface area contributed by atoms with Gasteiger partial charge in [-0.15, -0.1) is 0 Å². The van der Waals surface area contributed by atoms with E-state index in [1.807, 2.05) is 42.5 Å². The lowest BCUT2D eigenvalue weighted by Crippen LogP contribution is -2.21. The van der Waals surface area contributed by atoms with E-state index in [1.165, 1.54) is 0 Å². The van der Waals surface area contributed by atoms with Gasteiger partial charge < -0.3 is 15.0 Å². The number of nitrogens with zero attached hydrogens (tertiary/aromatic N) is 2. The lowest BCUT2D eigenvalue weighted by molar-refractivity contribution is -0.116. The second-order valence-electron chi connectivity index (χ2n) is 5.97. The standard InChI is InChI=1S/C20H23N3O2/c1-3-14-8-7-9-15(4-2)20(14)22-19(25)12-23-17-11-6-5-10-16(17)21-18(23)13-24/h5-11,24H,3-4,12-13H2,1-2H3,(H,22,25). The first-order valence-electron chi connectivity index (χ1n) is 8.63. The van der Waals surface area contributed by atoms with Crippen molar-refractivity contribution in [2.24, 2.45) is 0 Å². The third kappa shape index (κ3) is 3.42. The van der Waals surface area contributed by atoms with Crippen molar-refractivity contribution in [3.8, 4) is 0 Å². The molecule has 1 heterocycles. The molecule has 1 amide bonds. The summed E-state index contributed by atoms with van der Waals surface area (Å²) in [5, 5.41) is 12.6. The SMILES string of the molecule is CCc1cccc(CC)c1NC(=O)Cn1c(CO)nc2ccccc21. The van der Waals surface area contributed by atoms with E-state index in [4.69, 9.17) is 0 Å². The number of imidazole rings is 1. The van der Waals surface area contributed by atoms with Crippen LogP contribution < -0.4 is 5.32 Å². The van der Waals surface area contributed by atoms with Crippen LogP contribution in [0.15, 0.2) is 42.5 Å². The van der Waals surface area contributed by atoms with Crippen LogP contribution in [0.2, 0.25) is 0 Å². The molecule has 0 aliphatic heterocycles. The summed E-state index contributed by atoms with van der Waals surface area (Å²) >= 11 is 0. The van der Waals surface area contributed by atoms with Crippen molar-refractivity contribution in [2.45, 2.75) is 39.8 Å². The Morgan fingerprint density at radius 2 is 1.76 bits per heavy atom. The molecule has 0 aliphatic rings. The molecule has 2 aromatic carbocycles. The molecule has 0 fully saturated rings. The zero-order valence-corrected chi connectivity index (χ0v) is 14.6. The number of hydrogen-bond donors (Lipinski definition) is 2. The number of aliphatic hydroxyl groups is 1. The Labute approximate surface area is 147 Å². The molecule has 0 atom stereocenters. The largest absolute Gasteiger partial charge is 0.388 e. The highest BCUT2D eigenvalue weighted by Crippen LogP contribution is 2.23. The molecule has 1 aromatic heterocycles. The van der Waals surface area contributed by atoms with Gasteiger partial charge in [0.2, 0.25) is 5.91 Å². The number of benzene rings is 2. The summed E-state index contributed by atoms with van der Waals surface area (Å²) in [7, 11) is 0. The third-order valence-corrected chi connectivity index (χ3v) is 4.44. The van der Waals surface area contributed by atoms with Gasteiger partial charge in [-0.1, -0.05) is 44.2 Å². The molecule has 130 valence electrons. The fraction of sp³-hybridized carbons (Fsp3) is 0.300. The molecular formula is C20H23N3O2. The maximum Gasteiger partial charge on any atom is 0.244 e. The van der Waals surface area contributed by atoms with E-state index in [0.717, 1.165) is 40.7 Å². The van der Waals surface area contributed by atoms with E-state index in [-0.39, 0.29) is 19.1 Å². The van der Waals surface area contributed by atoms with Crippen LogP contribution in [0.5, 0.6) is 0 Å². The van der Waals surface area contributed by atoms with Gasteiger partial charge in [-0.2, -0.15) is 0 Å². The number of amides is 1. The average molecular weight is 337 g/mol. The topological polar surface area (TPSA) is 67.2 Å². The van der Waals surface area contributed by atoms with Gasteiger partial charge in [0.25, 0.3) is 0 Å². The summed E-state index contributed by atoms with van der Waals surface area (Å²) in [6, 6.07) is 13.7. The normalized spacial score (nSPS) is 11.0. The molecule has 0 unspecified atom stereocenters. The van der Waals surface area contributed by atoms with Crippen LogP contribution in [0.3, 0.4) is 0 Å². The van der Waals surface area contributed by atoms with E-state index in [9.17, 15) is 9.90 Å². The number of hydrogen-bond acceptors (Lipinski definition) is 3. The highest BCUT2D eigenvalue weighted by atomic mass is 16.3. The molecule has 0 aliphatic carbocycles. The molecule has 3 aromatic rings. The van der Waals surface area contributed by atoms with Crippen LogP contribution in [-0.2, 0) is 30.8 Å². The second-order valence-corrected chi connectivity index (χ2v) is 5.97. The molecule has 25 heavy (non-hydrogen) atoms. The highest BCUT2D eigenvalue weighted by Gasteiger charge is 2.15. The van der Waals surface area contributed by atoms with Gasteiger partial charge in [0.1, 0.15) is 19.0 Å². The summed E-state index contributed by atoms with van der Waals surface area (Å²) in [6.07, 6.45) is 1.72. The zero-order chi connectivity index (χ0) is 17.8. The van der Waals surface area contributed by atoms with Crippen LogP contribution >= 0.6 is 0 Å². The Kier molecular flexibility index (Phi) is 5.14. The van der Waals surface area contributed by atoms with Gasteiger partial charge in [0.15, 0.2) is 0 Å². The average Bonchev–Trinajstić information content (AvgIpc) is 2.99. The Balaban J connectivity index is 1.89. The summed E-state index contributed by atoms with van der Waals surface area (Å²) in [5.41, 5.74) is 4.80. The van der Waals surface area contributed by atoms with Crippen LogP contribution in [0.4, 0.5) is 5.69 Å². The summed E-state index contributed by atoms with van der Waals surface area (Å²) < 4.78 is 1.77. The minimum atomic E-state index is -0.201. The van der Waals surface area contributed by atoms with Crippen LogP contribution in [0, 0.1) is 0 Å². The third-order valence-electron chi connectivity index (χ3n) is 4.44. The van der Waals surface area contributed by atoms with Gasteiger partial charge in [-0.05, 0) is 36.1 Å². The number of para-hydroxylation sites is 3. The quantitative estimate of drug-likeness (QED) is 0.725. The first-order valence-corrected chi connectivity index (χ1v) is 8.63. The second kappa shape index (κ2) is 7.49. The molecule has 2 N–H and O–H groups in total. The molecule has 5 heteroatoms. The summed E-state index contributed by atoms with van der Waals surface area (Å²) in [5.74, 6) is 0.379. The predicted molar refractivity (Wildman–Crippen MR) is 99.5 cm³/mol. The minimum Gasteiger partial charge on any atom is -0.388 e. The molecule has 0 spiro atoms. The lowest BCUT2D eigenvalue weighted by Gasteiger charge is -2.15. The van der Waals surface area contributed by atoms with Crippen molar-refractivity contribution in [3.05, 3.63) is 59.4 Å². The van der Waals surface area contributed by atoms with E-state index in [2.05, 4.69) is 24.1 Å². The number of fused-ring (bicyclic) bond motifs is 1. The monoisotopic (exact) mass is 337 g/mol. The Morgan fingerprint density at radius 1 is 1.08 bits per heavy atom. The van der Waals surface area contributed by atoms with Crippen molar-refractivity contribution in [1.29, 1.82) is 0 Å². The van der Waals surface area contributed by atoms with Crippen molar-refractivity contribution in [3.63, 3.8) is 0 Å². The molecular weight excluding hydrogens is 314 g/mol. The Hall–Kier alpha value is -2.66. The number of carbonyl (C=O) groups is 1. The van der Waals surface area contributed by atoms with E-state index < -0.39 is 0 Å². The number of rotatable bonds is 6. The van der Waals surface area contributed by atoms with Gasteiger partial charge in [0.05, 0.1) is 11.0 Å². The molecule has 0 bridgehead atoms. The first-order chi connectivity index (χ1) is 12.2. The van der Waals surface area contributed by atoms with Crippen molar-refractivity contribution < 1.29 is 9.90 Å². The van der Waals surface area contributed by atoms with Crippen LogP contribution in [0.1, 0.15) is 30.8 Å². The highest BCUT2D eigenvalue weighted by molar-refractivity contribution is 5.93.